The number of carbonyl (C=O) groups is 2. The molecular weight excluding hydrogens is 547 g/mol. The molecule has 0 fully saturated rings. The number of hydrogen-bond donors (Lipinski definition) is 1. The predicted molar refractivity (Wildman–Crippen MR) is 142 cm³/mol. The van der Waals surface area contributed by atoms with E-state index < -0.39 is 39.1 Å². The Bertz CT molecular complexity index is 1230. The number of carbonyl (C=O) groups excluding carboxylic acids is 2. The van der Waals surface area contributed by atoms with Crippen molar-refractivity contribution in [2.45, 2.75) is 58.7 Å². The lowest BCUT2D eigenvalue weighted by Gasteiger charge is -2.32. The number of benzene rings is 2. The fourth-order valence-corrected chi connectivity index (χ4v) is 5.03. The van der Waals surface area contributed by atoms with Crippen molar-refractivity contribution in [1.82, 2.24) is 10.2 Å². The van der Waals surface area contributed by atoms with E-state index in [9.17, 15) is 26.8 Å². The Balaban J connectivity index is 2.26. The van der Waals surface area contributed by atoms with E-state index in [-0.39, 0.29) is 37.5 Å². The maximum absolute atomic E-state index is 13.7. The van der Waals surface area contributed by atoms with Crippen molar-refractivity contribution in [3.8, 4) is 0 Å². The van der Waals surface area contributed by atoms with Crippen molar-refractivity contribution in [3.05, 3.63) is 63.6 Å². The van der Waals surface area contributed by atoms with E-state index in [1.54, 1.807) is 25.1 Å². The summed E-state index contributed by atoms with van der Waals surface area (Å²) in [5.74, 6) is -3.12. The molecule has 2 aromatic rings. The third kappa shape index (κ3) is 8.83. The molecule has 37 heavy (non-hydrogen) atoms. The highest BCUT2D eigenvalue weighted by Crippen LogP contribution is 2.27. The fourth-order valence-electron chi connectivity index (χ4n) is 3.55. The number of nitrogens with zero attached hydrogens (tertiary/aromatic N) is 2. The number of amides is 2. The average molecular weight is 579 g/mol. The summed E-state index contributed by atoms with van der Waals surface area (Å²) in [5.41, 5.74) is -0.136. The zero-order chi connectivity index (χ0) is 28.1. The summed E-state index contributed by atoms with van der Waals surface area (Å²) in [7, 11) is -3.86. The van der Waals surface area contributed by atoms with Crippen LogP contribution in [0.25, 0.3) is 0 Å². The van der Waals surface area contributed by atoms with Crippen molar-refractivity contribution >= 4 is 50.7 Å². The molecule has 12 heteroatoms. The standard InChI is InChI=1S/C25H31Cl2F2N3O4S/c1-16(24(34)30-25(2,3)4)31(15-18-19(26)8-6-9-20(18)27)23(33)10-7-13-32(37(5,35)36)17-11-12-21(28)22(29)14-17/h6,8-9,11-12,14,16H,7,10,13,15H2,1-5H3,(H,30,34). The van der Waals surface area contributed by atoms with E-state index in [1.807, 2.05) is 20.8 Å². The first kappa shape index (κ1) is 30.8. The van der Waals surface area contributed by atoms with Gasteiger partial charge in [-0.25, -0.2) is 17.2 Å². The van der Waals surface area contributed by atoms with E-state index >= 15 is 0 Å². The van der Waals surface area contributed by atoms with Crippen LogP contribution in [0.2, 0.25) is 10.0 Å². The van der Waals surface area contributed by atoms with Crippen molar-refractivity contribution in [1.29, 1.82) is 0 Å². The molecule has 0 spiro atoms. The number of halogens is 4. The number of rotatable bonds is 10. The first-order valence-electron chi connectivity index (χ1n) is 11.5. The molecule has 0 aliphatic carbocycles. The molecule has 7 nitrogen and oxygen atoms in total. The summed E-state index contributed by atoms with van der Waals surface area (Å²) in [6.07, 6.45) is 0.844. The monoisotopic (exact) mass is 577 g/mol. The van der Waals surface area contributed by atoms with E-state index in [0.29, 0.717) is 15.6 Å². The third-order valence-electron chi connectivity index (χ3n) is 5.40. The van der Waals surface area contributed by atoms with Gasteiger partial charge in [0.15, 0.2) is 11.6 Å². The molecule has 2 amide bonds. The first-order chi connectivity index (χ1) is 17.0. The van der Waals surface area contributed by atoms with E-state index in [1.165, 1.54) is 4.90 Å². The lowest BCUT2D eigenvalue weighted by molar-refractivity contribution is -0.141. The molecule has 1 unspecified atom stereocenters. The Morgan fingerprint density at radius 3 is 2.16 bits per heavy atom. The van der Waals surface area contributed by atoms with E-state index in [0.717, 1.165) is 28.8 Å². The van der Waals surface area contributed by atoms with Gasteiger partial charge in [-0.1, -0.05) is 29.3 Å². The van der Waals surface area contributed by atoms with Gasteiger partial charge < -0.3 is 10.2 Å². The molecule has 0 saturated heterocycles. The second-order valence-corrected chi connectivity index (χ2v) is 12.4. The minimum absolute atomic E-state index is 0.0466. The van der Waals surface area contributed by atoms with Crippen LogP contribution in [-0.2, 0) is 26.2 Å². The van der Waals surface area contributed by atoms with E-state index in [2.05, 4.69) is 5.32 Å². The summed E-state index contributed by atoms with van der Waals surface area (Å²) in [6.45, 7) is 6.80. The maximum atomic E-state index is 13.7. The quantitative estimate of drug-likeness (QED) is 0.423. The normalized spacial score (nSPS) is 12.7. The SMILES string of the molecule is CC(C(=O)NC(C)(C)C)N(Cc1c(Cl)cccc1Cl)C(=O)CCCN(c1ccc(F)c(F)c1)S(C)(=O)=O. The van der Waals surface area contributed by atoms with Crippen LogP contribution in [0.15, 0.2) is 36.4 Å². The minimum atomic E-state index is -3.86. The molecule has 1 atom stereocenters. The van der Waals surface area contributed by atoms with Gasteiger partial charge in [0.1, 0.15) is 6.04 Å². The Morgan fingerprint density at radius 1 is 1.05 bits per heavy atom. The molecular formula is C25H31Cl2F2N3O4S. The van der Waals surface area contributed by atoms with Crippen LogP contribution >= 0.6 is 23.2 Å². The number of hydrogen-bond acceptors (Lipinski definition) is 4. The molecule has 0 bridgehead atoms. The number of anilines is 1. The highest BCUT2D eigenvalue weighted by molar-refractivity contribution is 7.92. The van der Waals surface area contributed by atoms with Crippen LogP contribution in [0, 0.1) is 11.6 Å². The summed E-state index contributed by atoms with van der Waals surface area (Å²) in [5, 5.41) is 3.50. The van der Waals surface area contributed by atoms with Crippen LogP contribution in [0.5, 0.6) is 0 Å². The highest BCUT2D eigenvalue weighted by atomic mass is 35.5. The average Bonchev–Trinajstić information content (AvgIpc) is 2.76. The summed E-state index contributed by atoms with van der Waals surface area (Å²) in [4.78, 5) is 27.6. The number of sulfonamides is 1. The Hall–Kier alpha value is -2.43. The van der Waals surface area contributed by atoms with E-state index in [4.69, 9.17) is 23.2 Å². The lowest BCUT2D eigenvalue weighted by atomic mass is 10.1. The minimum Gasteiger partial charge on any atom is -0.350 e. The third-order valence-corrected chi connectivity index (χ3v) is 7.30. The molecule has 0 radical (unpaired) electrons. The molecule has 1 N–H and O–H groups in total. The summed E-state index contributed by atoms with van der Waals surface area (Å²) < 4.78 is 52.6. The smallest absolute Gasteiger partial charge is 0.242 e. The summed E-state index contributed by atoms with van der Waals surface area (Å²) >= 11 is 12.6. The molecule has 2 aromatic carbocycles. The van der Waals surface area contributed by atoms with Gasteiger partial charge in [0, 0.05) is 46.7 Å². The van der Waals surface area contributed by atoms with Crippen molar-refractivity contribution in [2.24, 2.45) is 0 Å². The Kier molecular flexibility index (Phi) is 10.3. The van der Waals surface area contributed by atoms with Crippen molar-refractivity contribution < 1.29 is 26.8 Å². The van der Waals surface area contributed by atoms with Crippen LogP contribution in [-0.4, -0.2) is 49.5 Å². The molecule has 0 aliphatic heterocycles. The zero-order valence-corrected chi connectivity index (χ0v) is 23.6. The molecule has 204 valence electrons. The second-order valence-electron chi connectivity index (χ2n) is 9.67. The van der Waals surface area contributed by atoms with Crippen LogP contribution in [0.4, 0.5) is 14.5 Å². The first-order valence-corrected chi connectivity index (χ1v) is 14.1. The molecule has 0 aliphatic rings. The van der Waals surface area contributed by atoms with Gasteiger partial charge in [0.05, 0.1) is 11.9 Å². The largest absolute Gasteiger partial charge is 0.350 e. The van der Waals surface area contributed by atoms with Crippen LogP contribution in [0.1, 0.15) is 46.1 Å². The van der Waals surface area contributed by atoms with Gasteiger partial charge in [-0.3, -0.25) is 13.9 Å². The van der Waals surface area contributed by atoms with Gasteiger partial charge >= 0.3 is 0 Å². The van der Waals surface area contributed by atoms with Gasteiger partial charge in [0.25, 0.3) is 0 Å². The molecule has 2 rings (SSSR count). The molecule has 0 aromatic heterocycles. The predicted octanol–water partition coefficient (Wildman–Crippen LogP) is 5.15. The van der Waals surface area contributed by atoms with Gasteiger partial charge in [-0.15, -0.1) is 0 Å². The second kappa shape index (κ2) is 12.4. The highest BCUT2D eigenvalue weighted by Gasteiger charge is 2.29. The van der Waals surface area contributed by atoms with Gasteiger partial charge in [-0.2, -0.15) is 0 Å². The Morgan fingerprint density at radius 2 is 1.65 bits per heavy atom. The topological polar surface area (TPSA) is 86.8 Å². The van der Waals surface area contributed by atoms with Crippen molar-refractivity contribution in [3.63, 3.8) is 0 Å². The Labute approximate surface area is 226 Å². The van der Waals surface area contributed by atoms with Crippen LogP contribution in [0.3, 0.4) is 0 Å². The van der Waals surface area contributed by atoms with Gasteiger partial charge in [0.2, 0.25) is 21.8 Å². The van der Waals surface area contributed by atoms with Crippen LogP contribution < -0.4 is 9.62 Å². The summed E-state index contributed by atoms with van der Waals surface area (Å²) in [6, 6.07) is 6.77. The number of nitrogens with one attached hydrogen (secondary N) is 1. The maximum Gasteiger partial charge on any atom is 0.242 e. The molecule has 0 saturated carbocycles. The van der Waals surface area contributed by atoms with Crippen molar-refractivity contribution in [2.75, 3.05) is 17.1 Å². The fraction of sp³-hybridized carbons (Fsp3) is 0.440. The zero-order valence-electron chi connectivity index (χ0n) is 21.3. The molecule has 0 heterocycles. The lowest BCUT2D eigenvalue weighted by Crippen LogP contribution is -2.52. The van der Waals surface area contributed by atoms with Gasteiger partial charge in [-0.05, 0) is 58.4 Å².